The highest BCUT2D eigenvalue weighted by Gasteiger charge is 2.13. The van der Waals surface area contributed by atoms with E-state index in [9.17, 15) is 4.79 Å². The first-order chi connectivity index (χ1) is 9.13. The zero-order valence-corrected chi connectivity index (χ0v) is 11.8. The van der Waals surface area contributed by atoms with Crippen molar-refractivity contribution < 1.29 is 9.53 Å². The molecule has 0 spiro atoms. The predicted molar refractivity (Wildman–Crippen MR) is 77.2 cm³/mol. The molecule has 19 heavy (non-hydrogen) atoms. The third-order valence-electron chi connectivity index (χ3n) is 2.72. The van der Waals surface area contributed by atoms with Crippen molar-refractivity contribution in [2.75, 3.05) is 5.88 Å². The van der Waals surface area contributed by atoms with Gasteiger partial charge in [0.1, 0.15) is 11.3 Å². The number of hydrogen-bond acceptors (Lipinski definition) is 3. The van der Waals surface area contributed by atoms with Crippen molar-refractivity contribution >= 4 is 28.3 Å². The third-order valence-corrected chi connectivity index (χ3v) is 2.91. The minimum Gasteiger partial charge on any atom is -0.489 e. The Morgan fingerprint density at radius 2 is 2.16 bits per heavy atom. The SMILES string of the molecule is CC(C)Oc1ccc(C(=O)CCCl)c2cccnc12. The number of rotatable bonds is 5. The maximum atomic E-state index is 12.0. The Labute approximate surface area is 117 Å². The number of Topliss-reactive ketones (excluding diaryl/α,β-unsaturated/α-hetero) is 1. The maximum Gasteiger partial charge on any atom is 0.164 e. The molecular formula is C15H16ClNO2. The summed E-state index contributed by atoms with van der Waals surface area (Å²) in [4.78, 5) is 16.4. The van der Waals surface area contributed by atoms with Crippen LogP contribution >= 0.6 is 11.6 Å². The van der Waals surface area contributed by atoms with Gasteiger partial charge in [-0.05, 0) is 32.0 Å². The average molecular weight is 278 g/mol. The molecule has 0 aliphatic carbocycles. The van der Waals surface area contributed by atoms with Crippen LogP contribution in [-0.2, 0) is 0 Å². The van der Waals surface area contributed by atoms with E-state index in [1.54, 1.807) is 18.3 Å². The molecule has 0 N–H and O–H groups in total. The number of alkyl halides is 1. The minimum atomic E-state index is 0.0316. The lowest BCUT2D eigenvalue weighted by Gasteiger charge is -2.13. The van der Waals surface area contributed by atoms with Crippen LogP contribution < -0.4 is 4.74 Å². The summed E-state index contributed by atoms with van der Waals surface area (Å²) in [5.74, 6) is 1.06. The molecule has 1 heterocycles. The summed E-state index contributed by atoms with van der Waals surface area (Å²) < 4.78 is 5.72. The van der Waals surface area contributed by atoms with Crippen LogP contribution in [-0.4, -0.2) is 22.8 Å². The Bertz CT molecular complexity index is 596. The summed E-state index contributed by atoms with van der Waals surface area (Å²) in [6.07, 6.45) is 2.09. The van der Waals surface area contributed by atoms with Crippen molar-refractivity contribution in [2.45, 2.75) is 26.4 Å². The number of carbonyl (C=O) groups is 1. The number of ether oxygens (including phenoxy) is 1. The summed E-state index contributed by atoms with van der Waals surface area (Å²) in [5, 5.41) is 0.816. The highest BCUT2D eigenvalue weighted by molar-refractivity contribution is 6.20. The van der Waals surface area contributed by atoms with Crippen LogP contribution in [0.25, 0.3) is 10.9 Å². The molecule has 0 aliphatic rings. The number of halogens is 1. The first kappa shape index (κ1) is 13.8. The molecule has 0 unspecified atom stereocenters. The van der Waals surface area contributed by atoms with E-state index < -0.39 is 0 Å². The second-order valence-corrected chi connectivity index (χ2v) is 4.92. The van der Waals surface area contributed by atoms with Gasteiger partial charge < -0.3 is 4.74 Å². The highest BCUT2D eigenvalue weighted by atomic mass is 35.5. The molecule has 0 bridgehead atoms. The number of pyridine rings is 1. The molecule has 0 saturated heterocycles. The first-order valence-electron chi connectivity index (χ1n) is 6.27. The number of aromatic nitrogens is 1. The largest absolute Gasteiger partial charge is 0.489 e. The number of carbonyl (C=O) groups excluding carboxylic acids is 1. The van der Waals surface area contributed by atoms with Gasteiger partial charge in [-0.25, -0.2) is 0 Å². The quantitative estimate of drug-likeness (QED) is 0.616. The van der Waals surface area contributed by atoms with Crippen LogP contribution in [0.4, 0.5) is 0 Å². The standard InChI is InChI=1S/C15H16ClNO2/c1-10(2)19-14-6-5-11(13(18)7-8-16)12-4-3-9-17-15(12)14/h3-6,9-10H,7-8H2,1-2H3. The first-order valence-corrected chi connectivity index (χ1v) is 6.80. The van der Waals surface area contributed by atoms with Crippen LogP contribution in [0.1, 0.15) is 30.6 Å². The Balaban J connectivity index is 2.55. The van der Waals surface area contributed by atoms with Crippen molar-refractivity contribution in [3.05, 3.63) is 36.0 Å². The molecule has 0 aliphatic heterocycles. The topological polar surface area (TPSA) is 39.2 Å². The van der Waals surface area contributed by atoms with Gasteiger partial charge in [0.2, 0.25) is 0 Å². The van der Waals surface area contributed by atoms with Gasteiger partial charge in [-0.1, -0.05) is 6.07 Å². The van der Waals surface area contributed by atoms with E-state index in [1.807, 2.05) is 26.0 Å². The van der Waals surface area contributed by atoms with Gasteiger partial charge in [0.15, 0.2) is 5.78 Å². The molecule has 1 aromatic carbocycles. The second-order valence-electron chi connectivity index (χ2n) is 4.54. The molecule has 2 aromatic rings. The fourth-order valence-corrected chi connectivity index (χ4v) is 2.13. The smallest absolute Gasteiger partial charge is 0.164 e. The molecule has 0 amide bonds. The van der Waals surface area contributed by atoms with Crippen molar-refractivity contribution in [1.82, 2.24) is 4.98 Å². The van der Waals surface area contributed by atoms with E-state index in [2.05, 4.69) is 4.98 Å². The summed E-state index contributed by atoms with van der Waals surface area (Å²) in [7, 11) is 0. The number of fused-ring (bicyclic) bond motifs is 1. The fraction of sp³-hybridized carbons (Fsp3) is 0.333. The lowest BCUT2D eigenvalue weighted by Crippen LogP contribution is -2.08. The summed E-state index contributed by atoms with van der Waals surface area (Å²) in [5.41, 5.74) is 1.37. The van der Waals surface area contributed by atoms with E-state index in [4.69, 9.17) is 16.3 Å². The van der Waals surface area contributed by atoms with Gasteiger partial charge in [-0.15, -0.1) is 11.6 Å². The van der Waals surface area contributed by atoms with Gasteiger partial charge >= 0.3 is 0 Å². The van der Waals surface area contributed by atoms with Gasteiger partial charge in [0, 0.05) is 29.4 Å². The van der Waals surface area contributed by atoms with Gasteiger partial charge in [-0.2, -0.15) is 0 Å². The summed E-state index contributed by atoms with van der Waals surface area (Å²) in [6, 6.07) is 7.29. The van der Waals surface area contributed by atoms with Crippen LogP contribution in [0, 0.1) is 0 Å². The zero-order chi connectivity index (χ0) is 13.8. The lowest BCUT2D eigenvalue weighted by atomic mass is 10.0. The van der Waals surface area contributed by atoms with Crippen molar-refractivity contribution in [3.63, 3.8) is 0 Å². The molecule has 100 valence electrons. The Morgan fingerprint density at radius 3 is 2.84 bits per heavy atom. The van der Waals surface area contributed by atoms with Crippen LogP contribution in [0.15, 0.2) is 30.5 Å². The molecule has 0 atom stereocenters. The molecule has 3 nitrogen and oxygen atoms in total. The normalized spacial score (nSPS) is 10.9. The number of nitrogens with zero attached hydrogens (tertiary/aromatic N) is 1. The molecule has 0 saturated carbocycles. The summed E-state index contributed by atoms with van der Waals surface area (Å²) >= 11 is 5.64. The van der Waals surface area contributed by atoms with E-state index in [-0.39, 0.29) is 11.9 Å². The van der Waals surface area contributed by atoms with Crippen LogP contribution in [0.5, 0.6) is 5.75 Å². The molecular weight excluding hydrogens is 262 g/mol. The van der Waals surface area contributed by atoms with Crippen molar-refractivity contribution in [1.29, 1.82) is 0 Å². The molecule has 4 heteroatoms. The van der Waals surface area contributed by atoms with Gasteiger partial charge in [0.25, 0.3) is 0 Å². The van der Waals surface area contributed by atoms with E-state index in [0.29, 0.717) is 23.6 Å². The van der Waals surface area contributed by atoms with Crippen molar-refractivity contribution in [2.24, 2.45) is 0 Å². The van der Waals surface area contributed by atoms with E-state index in [1.165, 1.54) is 0 Å². The minimum absolute atomic E-state index is 0.0316. The molecule has 0 radical (unpaired) electrons. The number of hydrogen-bond donors (Lipinski definition) is 0. The predicted octanol–water partition coefficient (Wildman–Crippen LogP) is 3.83. The van der Waals surface area contributed by atoms with Crippen LogP contribution in [0.3, 0.4) is 0 Å². The average Bonchev–Trinajstić information content (AvgIpc) is 2.38. The Hall–Kier alpha value is -1.61. The highest BCUT2D eigenvalue weighted by Crippen LogP contribution is 2.28. The third kappa shape index (κ3) is 3.04. The number of benzene rings is 1. The molecule has 2 rings (SSSR count). The fourth-order valence-electron chi connectivity index (χ4n) is 1.96. The monoisotopic (exact) mass is 277 g/mol. The maximum absolute atomic E-state index is 12.0. The zero-order valence-electron chi connectivity index (χ0n) is 11.0. The van der Waals surface area contributed by atoms with Gasteiger partial charge in [0.05, 0.1) is 6.10 Å². The Morgan fingerprint density at radius 1 is 1.37 bits per heavy atom. The Kier molecular flexibility index (Phi) is 4.38. The summed E-state index contributed by atoms with van der Waals surface area (Å²) in [6.45, 7) is 3.92. The second kappa shape index (κ2) is 6.02. The van der Waals surface area contributed by atoms with E-state index >= 15 is 0 Å². The molecule has 0 fully saturated rings. The van der Waals surface area contributed by atoms with E-state index in [0.717, 1.165) is 10.9 Å². The molecule has 1 aromatic heterocycles. The van der Waals surface area contributed by atoms with Gasteiger partial charge in [-0.3, -0.25) is 9.78 Å². The van der Waals surface area contributed by atoms with Crippen molar-refractivity contribution in [3.8, 4) is 5.75 Å². The number of ketones is 1. The van der Waals surface area contributed by atoms with Crippen LogP contribution in [0.2, 0.25) is 0 Å². The lowest BCUT2D eigenvalue weighted by molar-refractivity contribution is 0.0991.